The summed E-state index contributed by atoms with van der Waals surface area (Å²) < 4.78 is 0. The van der Waals surface area contributed by atoms with E-state index in [1.165, 1.54) is 19.3 Å². The number of carbonyl (C=O) groups is 1. The molecule has 0 bridgehead atoms. The van der Waals surface area contributed by atoms with Crippen LogP contribution in [0.3, 0.4) is 0 Å². The van der Waals surface area contributed by atoms with E-state index in [0.29, 0.717) is 18.4 Å². The number of anilines is 1. The zero-order valence-electron chi connectivity index (χ0n) is 13.3. The molecule has 21 heavy (non-hydrogen) atoms. The van der Waals surface area contributed by atoms with Crippen LogP contribution in [0.25, 0.3) is 0 Å². The van der Waals surface area contributed by atoms with Crippen LogP contribution in [0.15, 0.2) is 24.3 Å². The fraction of sp³-hybridized carbons (Fsp3) is 0.611. The first-order valence-corrected chi connectivity index (χ1v) is 8.20. The number of nitrogens with two attached hydrogens (primary N) is 1. The summed E-state index contributed by atoms with van der Waals surface area (Å²) in [6, 6.07) is 8.10. The molecule has 0 aromatic heterocycles. The summed E-state index contributed by atoms with van der Waals surface area (Å²) in [4.78, 5) is 14.7. The van der Waals surface area contributed by atoms with Gasteiger partial charge in [0.25, 0.3) is 0 Å². The summed E-state index contributed by atoms with van der Waals surface area (Å²) in [5.74, 6) is 0.981. The highest BCUT2D eigenvalue weighted by atomic mass is 16.2. The fourth-order valence-corrected chi connectivity index (χ4v) is 3.07. The van der Waals surface area contributed by atoms with E-state index in [9.17, 15) is 4.79 Å². The van der Waals surface area contributed by atoms with Gasteiger partial charge >= 0.3 is 0 Å². The normalized spacial score (nSPS) is 19.0. The molecule has 1 aliphatic rings. The summed E-state index contributed by atoms with van der Waals surface area (Å²) in [7, 11) is 0. The highest BCUT2D eigenvalue weighted by Crippen LogP contribution is 2.23. The van der Waals surface area contributed by atoms with Gasteiger partial charge in [0.1, 0.15) is 0 Å². The van der Waals surface area contributed by atoms with Crippen molar-refractivity contribution in [1.29, 1.82) is 0 Å². The SMILES string of the molecule is CC(C)CCC1CCCCN1C(=O)Cc1ccc(N)cc1. The maximum atomic E-state index is 12.6. The van der Waals surface area contributed by atoms with Gasteiger partial charge < -0.3 is 10.6 Å². The number of nitrogens with zero attached hydrogens (tertiary/aromatic N) is 1. The lowest BCUT2D eigenvalue weighted by Crippen LogP contribution is -2.44. The van der Waals surface area contributed by atoms with E-state index < -0.39 is 0 Å². The number of benzene rings is 1. The molecule has 1 fully saturated rings. The van der Waals surface area contributed by atoms with Crippen molar-refractivity contribution in [3.8, 4) is 0 Å². The van der Waals surface area contributed by atoms with Crippen molar-refractivity contribution in [1.82, 2.24) is 4.90 Å². The largest absolute Gasteiger partial charge is 0.399 e. The molecule has 1 aliphatic heterocycles. The van der Waals surface area contributed by atoms with Gasteiger partial charge in [-0.15, -0.1) is 0 Å². The highest BCUT2D eigenvalue weighted by molar-refractivity contribution is 5.79. The molecule has 1 amide bonds. The van der Waals surface area contributed by atoms with Gasteiger partial charge in [-0.25, -0.2) is 0 Å². The van der Waals surface area contributed by atoms with E-state index >= 15 is 0 Å². The standard InChI is InChI=1S/C18H28N2O/c1-14(2)6-11-17-5-3-4-12-20(17)18(21)13-15-7-9-16(19)10-8-15/h7-10,14,17H,3-6,11-13,19H2,1-2H3. The topological polar surface area (TPSA) is 46.3 Å². The molecule has 0 radical (unpaired) electrons. The molecule has 1 unspecified atom stereocenters. The van der Waals surface area contributed by atoms with Gasteiger partial charge in [0.2, 0.25) is 5.91 Å². The Kier molecular flexibility index (Phi) is 5.66. The second-order valence-corrected chi connectivity index (χ2v) is 6.63. The van der Waals surface area contributed by atoms with Crippen molar-refractivity contribution in [2.24, 2.45) is 5.92 Å². The molecule has 1 saturated heterocycles. The van der Waals surface area contributed by atoms with Gasteiger partial charge in [-0.05, 0) is 55.7 Å². The first kappa shape index (κ1) is 15.9. The van der Waals surface area contributed by atoms with Crippen molar-refractivity contribution in [2.75, 3.05) is 12.3 Å². The Morgan fingerprint density at radius 2 is 2.00 bits per heavy atom. The number of rotatable bonds is 5. The molecular formula is C18H28N2O. The van der Waals surface area contributed by atoms with Gasteiger partial charge in [0.15, 0.2) is 0 Å². The Hall–Kier alpha value is -1.51. The first-order chi connectivity index (χ1) is 10.1. The average molecular weight is 288 g/mol. The summed E-state index contributed by atoms with van der Waals surface area (Å²) >= 11 is 0. The van der Waals surface area contributed by atoms with Crippen molar-refractivity contribution >= 4 is 11.6 Å². The Labute approximate surface area is 128 Å². The average Bonchev–Trinajstić information content (AvgIpc) is 2.47. The van der Waals surface area contributed by atoms with Crippen LogP contribution >= 0.6 is 0 Å². The zero-order valence-corrected chi connectivity index (χ0v) is 13.3. The molecule has 1 aromatic carbocycles. The van der Waals surface area contributed by atoms with Gasteiger partial charge in [-0.1, -0.05) is 26.0 Å². The number of hydrogen-bond donors (Lipinski definition) is 1. The second kappa shape index (κ2) is 7.48. The quantitative estimate of drug-likeness (QED) is 0.841. The van der Waals surface area contributed by atoms with Crippen molar-refractivity contribution in [3.63, 3.8) is 0 Å². The number of hydrogen-bond acceptors (Lipinski definition) is 2. The van der Waals surface area contributed by atoms with Crippen LogP contribution in [0.2, 0.25) is 0 Å². The Bertz CT molecular complexity index is 453. The van der Waals surface area contributed by atoms with Crippen LogP contribution in [0.5, 0.6) is 0 Å². The molecule has 1 aromatic rings. The monoisotopic (exact) mass is 288 g/mol. The maximum absolute atomic E-state index is 12.6. The molecule has 3 nitrogen and oxygen atoms in total. The summed E-state index contributed by atoms with van der Waals surface area (Å²) in [5.41, 5.74) is 7.50. The number of likely N-dealkylation sites (tertiary alicyclic amines) is 1. The molecular weight excluding hydrogens is 260 g/mol. The third-order valence-corrected chi connectivity index (χ3v) is 4.36. The van der Waals surface area contributed by atoms with Crippen LogP contribution in [0.1, 0.15) is 51.5 Å². The minimum atomic E-state index is 0.272. The van der Waals surface area contributed by atoms with E-state index in [1.807, 2.05) is 24.3 Å². The Morgan fingerprint density at radius 1 is 1.29 bits per heavy atom. The van der Waals surface area contributed by atoms with Crippen LogP contribution < -0.4 is 5.73 Å². The molecule has 1 heterocycles. The Balaban J connectivity index is 1.96. The molecule has 0 saturated carbocycles. The van der Waals surface area contributed by atoms with Crippen LogP contribution in [-0.2, 0) is 11.2 Å². The van der Waals surface area contributed by atoms with E-state index in [2.05, 4.69) is 18.7 Å². The number of nitrogen functional groups attached to an aromatic ring is 1. The second-order valence-electron chi connectivity index (χ2n) is 6.63. The predicted octanol–water partition coefficient (Wildman–Crippen LogP) is 3.63. The van der Waals surface area contributed by atoms with E-state index in [1.54, 1.807) is 0 Å². The molecule has 2 N–H and O–H groups in total. The minimum Gasteiger partial charge on any atom is -0.399 e. The zero-order chi connectivity index (χ0) is 15.2. The third kappa shape index (κ3) is 4.76. The summed E-state index contributed by atoms with van der Waals surface area (Å²) in [6.07, 6.45) is 6.42. The molecule has 0 aliphatic carbocycles. The van der Waals surface area contributed by atoms with Gasteiger partial charge in [0, 0.05) is 18.3 Å². The minimum absolute atomic E-state index is 0.272. The van der Waals surface area contributed by atoms with E-state index in [0.717, 1.165) is 30.6 Å². The van der Waals surface area contributed by atoms with Crippen molar-refractivity contribution in [2.45, 2.75) is 58.4 Å². The number of carbonyl (C=O) groups excluding carboxylic acids is 1. The van der Waals surface area contributed by atoms with Gasteiger partial charge in [-0.2, -0.15) is 0 Å². The predicted molar refractivity (Wildman–Crippen MR) is 88.0 cm³/mol. The molecule has 1 atom stereocenters. The van der Waals surface area contributed by atoms with Gasteiger partial charge in [-0.3, -0.25) is 4.79 Å². The van der Waals surface area contributed by atoms with Crippen LogP contribution in [0, 0.1) is 5.92 Å². The highest BCUT2D eigenvalue weighted by Gasteiger charge is 2.26. The smallest absolute Gasteiger partial charge is 0.227 e. The number of amides is 1. The maximum Gasteiger partial charge on any atom is 0.227 e. The molecule has 2 rings (SSSR count). The lowest BCUT2D eigenvalue weighted by molar-refractivity contribution is -0.134. The van der Waals surface area contributed by atoms with Crippen LogP contribution in [0.4, 0.5) is 5.69 Å². The van der Waals surface area contributed by atoms with Crippen molar-refractivity contribution < 1.29 is 4.79 Å². The lowest BCUT2D eigenvalue weighted by Gasteiger charge is -2.36. The van der Waals surface area contributed by atoms with Crippen LogP contribution in [-0.4, -0.2) is 23.4 Å². The Morgan fingerprint density at radius 3 is 2.67 bits per heavy atom. The lowest BCUT2D eigenvalue weighted by atomic mass is 9.94. The fourth-order valence-electron chi connectivity index (χ4n) is 3.07. The summed E-state index contributed by atoms with van der Waals surface area (Å²) in [5, 5.41) is 0. The molecule has 3 heteroatoms. The van der Waals surface area contributed by atoms with E-state index in [4.69, 9.17) is 5.73 Å². The molecule has 0 spiro atoms. The van der Waals surface area contributed by atoms with E-state index in [-0.39, 0.29) is 5.91 Å². The van der Waals surface area contributed by atoms with Crippen molar-refractivity contribution in [3.05, 3.63) is 29.8 Å². The summed E-state index contributed by atoms with van der Waals surface area (Å²) in [6.45, 7) is 5.43. The third-order valence-electron chi connectivity index (χ3n) is 4.36. The first-order valence-electron chi connectivity index (χ1n) is 8.20. The van der Waals surface area contributed by atoms with Gasteiger partial charge in [0.05, 0.1) is 6.42 Å². The molecule has 116 valence electrons. The number of piperidine rings is 1.